The molecule has 1 aromatic rings. The second-order valence-electron chi connectivity index (χ2n) is 5.46. The van der Waals surface area contributed by atoms with E-state index in [-0.39, 0.29) is 5.92 Å². The largest absolute Gasteiger partial charge is 0.496 e. The molecule has 0 heterocycles. The van der Waals surface area contributed by atoms with Gasteiger partial charge in [0.2, 0.25) is 0 Å². The van der Waals surface area contributed by atoms with Gasteiger partial charge in [-0.2, -0.15) is 0 Å². The zero-order valence-electron chi connectivity index (χ0n) is 12.7. The van der Waals surface area contributed by atoms with Gasteiger partial charge in [0.1, 0.15) is 17.2 Å². The van der Waals surface area contributed by atoms with E-state index in [4.69, 9.17) is 14.2 Å². The summed E-state index contributed by atoms with van der Waals surface area (Å²) in [5.74, 6) is 2.67. The first-order chi connectivity index (χ1) is 9.62. The Labute approximate surface area is 120 Å². The molecule has 0 amide bonds. The summed E-state index contributed by atoms with van der Waals surface area (Å²) in [4.78, 5) is 0. The number of rotatable bonds is 5. The number of hydrogen-bond donors (Lipinski definition) is 1. The van der Waals surface area contributed by atoms with E-state index in [0.29, 0.717) is 23.2 Å². The molecule has 1 aromatic carbocycles. The minimum absolute atomic E-state index is 0.256. The fourth-order valence-electron chi connectivity index (χ4n) is 3.18. The van der Waals surface area contributed by atoms with Crippen molar-refractivity contribution in [2.45, 2.75) is 32.3 Å². The first kappa shape index (κ1) is 15.0. The third kappa shape index (κ3) is 2.70. The highest BCUT2D eigenvalue weighted by atomic mass is 16.5. The van der Waals surface area contributed by atoms with Crippen molar-refractivity contribution in [3.05, 3.63) is 17.7 Å². The van der Waals surface area contributed by atoms with Gasteiger partial charge in [0.25, 0.3) is 0 Å². The Morgan fingerprint density at radius 2 is 1.65 bits per heavy atom. The van der Waals surface area contributed by atoms with Crippen molar-refractivity contribution >= 4 is 0 Å². The van der Waals surface area contributed by atoms with Crippen molar-refractivity contribution in [3.63, 3.8) is 0 Å². The maximum atomic E-state index is 10.8. The zero-order chi connectivity index (χ0) is 14.7. The van der Waals surface area contributed by atoms with E-state index >= 15 is 0 Å². The van der Waals surface area contributed by atoms with Crippen LogP contribution in [0.2, 0.25) is 0 Å². The first-order valence-electron chi connectivity index (χ1n) is 7.10. The Kier molecular flexibility index (Phi) is 4.76. The van der Waals surface area contributed by atoms with Crippen molar-refractivity contribution < 1.29 is 19.3 Å². The Balaban J connectivity index is 2.42. The predicted molar refractivity (Wildman–Crippen MR) is 77.6 cm³/mol. The van der Waals surface area contributed by atoms with Crippen LogP contribution >= 0.6 is 0 Å². The molecular weight excluding hydrogens is 256 g/mol. The summed E-state index contributed by atoms with van der Waals surface area (Å²) >= 11 is 0. The van der Waals surface area contributed by atoms with E-state index in [1.54, 1.807) is 33.5 Å². The van der Waals surface area contributed by atoms with Gasteiger partial charge < -0.3 is 19.3 Å². The molecular formula is C16H24O4. The van der Waals surface area contributed by atoms with Crippen LogP contribution in [0.15, 0.2) is 12.1 Å². The van der Waals surface area contributed by atoms with Crippen LogP contribution in [-0.4, -0.2) is 26.4 Å². The van der Waals surface area contributed by atoms with Gasteiger partial charge in [-0.25, -0.2) is 0 Å². The molecule has 4 heteroatoms. The Morgan fingerprint density at radius 3 is 2.05 bits per heavy atom. The third-order valence-corrected chi connectivity index (χ3v) is 4.38. The van der Waals surface area contributed by atoms with Crippen molar-refractivity contribution in [3.8, 4) is 17.2 Å². The standard InChI is InChI=1S/C16H24O4/c1-10-6-5-7-12(10)16(17)15-13(19-3)8-11(18-2)9-14(15)20-4/h8-10,12,16-17H,5-7H2,1-4H3. The summed E-state index contributed by atoms with van der Waals surface area (Å²) in [6, 6.07) is 3.58. The molecule has 1 N–H and O–H groups in total. The fourth-order valence-corrected chi connectivity index (χ4v) is 3.18. The number of aliphatic hydroxyl groups is 1. The van der Waals surface area contributed by atoms with Gasteiger partial charge in [-0.15, -0.1) is 0 Å². The highest BCUT2D eigenvalue weighted by molar-refractivity contribution is 5.52. The van der Waals surface area contributed by atoms with Gasteiger partial charge in [0, 0.05) is 12.1 Å². The lowest BCUT2D eigenvalue weighted by molar-refractivity contribution is 0.0848. The summed E-state index contributed by atoms with van der Waals surface area (Å²) in [5.41, 5.74) is 0.731. The van der Waals surface area contributed by atoms with Crippen LogP contribution in [0.1, 0.15) is 37.9 Å². The van der Waals surface area contributed by atoms with Crippen molar-refractivity contribution in [2.24, 2.45) is 11.8 Å². The van der Waals surface area contributed by atoms with Crippen LogP contribution in [-0.2, 0) is 0 Å². The highest BCUT2D eigenvalue weighted by Crippen LogP contribution is 2.46. The highest BCUT2D eigenvalue weighted by Gasteiger charge is 2.34. The molecule has 1 saturated carbocycles. The summed E-state index contributed by atoms with van der Waals surface area (Å²) in [5, 5.41) is 10.8. The molecule has 3 atom stereocenters. The van der Waals surface area contributed by atoms with Crippen molar-refractivity contribution in [1.82, 2.24) is 0 Å². The van der Waals surface area contributed by atoms with Gasteiger partial charge in [-0.1, -0.05) is 19.8 Å². The topological polar surface area (TPSA) is 47.9 Å². The van der Waals surface area contributed by atoms with Gasteiger partial charge in [-0.05, 0) is 18.3 Å². The molecule has 4 nitrogen and oxygen atoms in total. The quantitative estimate of drug-likeness (QED) is 0.900. The Bertz CT molecular complexity index is 433. The molecule has 2 rings (SSSR count). The average molecular weight is 280 g/mol. The predicted octanol–water partition coefficient (Wildman–Crippen LogP) is 3.18. The maximum Gasteiger partial charge on any atom is 0.132 e. The molecule has 0 saturated heterocycles. The number of ether oxygens (including phenoxy) is 3. The second-order valence-corrected chi connectivity index (χ2v) is 5.46. The molecule has 112 valence electrons. The third-order valence-electron chi connectivity index (χ3n) is 4.38. The normalized spacial score (nSPS) is 23.4. The van der Waals surface area contributed by atoms with Gasteiger partial charge in [0.05, 0.1) is 33.0 Å². The molecule has 0 spiro atoms. The molecule has 1 fully saturated rings. The van der Waals surface area contributed by atoms with Crippen LogP contribution in [0.4, 0.5) is 0 Å². The number of aliphatic hydroxyl groups excluding tert-OH is 1. The van der Waals surface area contributed by atoms with Crippen molar-refractivity contribution in [2.75, 3.05) is 21.3 Å². The SMILES string of the molecule is COc1cc(OC)c(C(O)C2CCCC2C)c(OC)c1. The molecule has 0 aromatic heterocycles. The van der Waals surface area contributed by atoms with E-state index in [1.807, 2.05) is 0 Å². The van der Waals surface area contributed by atoms with Crippen LogP contribution in [0.3, 0.4) is 0 Å². The van der Waals surface area contributed by atoms with Crippen LogP contribution in [0.25, 0.3) is 0 Å². The maximum absolute atomic E-state index is 10.8. The van der Waals surface area contributed by atoms with E-state index in [9.17, 15) is 5.11 Å². The van der Waals surface area contributed by atoms with E-state index < -0.39 is 6.10 Å². The van der Waals surface area contributed by atoms with Gasteiger partial charge in [-0.3, -0.25) is 0 Å². The molecule has 0 radical (unpaired) electrons. The first-order valence-corrected chi connectivity index (χ1v) is 7.10. The molecule has 3 unspecified atom stereocenters. The molecule has 1 aliphatic carbocycles. The average Bonchev–Trinajstić information content (AvgIpc) is 2.91. The Morgan fingerprint density at radius 1 is 1.05 bits per heavy atom. The number of hydrogen-bond acceptors (Lipinski definition) is 4. The lowest BCUT2D eigenvalue weighted by Gasteiger charge is -2.26. The summed E-state index contributed by atoms with van der Waals surface area (Å²) in [7, 11) is 4.80. The Hall–Kier alpha value is -1.42. The lowest BCUT2D eigenvalue weighted by atomic mass is 9.87. The minimum Gasteiger partial charge on any atom is -0.496 e. The van der Waals surface area contributed by atoms with Crippen LogP contribution in [0, 0.1) is 11.8 Å². The monoisotopic (exact) mass is 280 g/mol. The van der Waals surface area contributed by atoms with Gasteiger partial charge in [0.15, 0.2) is 0 Å². The zero-order valence-corrected chi connectivity index (χ0v) is 12.7. The van der Waals surface area contributed by atoms with Crippen LogP contribution in [0.5, 0.6) is 17.2 Å². The summed E-state index contributed by atoms with van der Waals surface area (Å²) in [6.45, 7) is 2.20. The second kappa shape index (κ2) is 6.35. The minimum atomic E-state index is -0.566. The number of benzene rings is 1. The smallest absolute Gasteiger partial charge is 0.132 e. The van der Waals surface area contributed by atoms with Crippen molar-refractivity contribution in [1.29, 1.82) is 0 Å². The summed E-state index contributed by atoms with van der Waals surface area (Å²) < 4.78 is 16.1. The summed E-state index contributed by atoms with van der Waals surface area (Å²) in [6.07, 6.45) is 2.82. The molecule has 1 aliphatic rings. The van der Waals surface area contributed by atoms with Crippen LogP contribution < -0.4 is 14.2 Å². The van der Waals surface area contributed by atoms with E-state index in [2.05, 4.69) is 6.92 Å². The van der Waals surface area contributed by atoms with Gasteiger partial charge >= 0.3 is 0 Å². The lowest BCUT2D eigenvalue weighted by Crippen LogP contribution is -2.17. The fraction of sp³-hybridized carbons (Fsp3) is 0.625. The molecule has 0 aliphatic heterocycles. The van der Waals surface area contributed by atoms with E-state index in [1.165, 1.54) is 12.8 Å². The van der Waals surface area contributed by atoms with E-state index in [0.717, 1.165) is 12.0 Å². The molecule has 0 bridgehead atoms. The number of methoxy groups -OCH3 is 3. The molecule has 20 heavy (non-hydrogen) atoms.